The molecule has 1 aliphatic heterocycles. The van der Waals surface area contributed by atoms with Crippen molar-refractivity contribution in [1.82, 2.24) is 20.0 Å². The molecule has 0 bridgehead atoms. The molecule has 0 amide bonds. The predicted octanol–water partition coefficient (Wildman–Crippen LogP) is 2.93. The fourth-order valence-corrected chi connectivity index (χ4v) is 4.13. The lowest BCUT2D eigenvalue weighted by Gasteiger charge is -2.35. The second-order valence-electron chi connectivity index (χ2n) is 6.34. The van der Waals surface area contributed by atoms with Gasteiger partial charge in [0.2, 0.25) is 0 Å². The highest BCUT2D eigenvalue weighted by molar-refractivity contribution is 7.18. The molecule has 6 nitrogen and oxygen atoms in total. The Labute approximate surface area is 145 Å². The number of piperazine rings is 1. The van der Waals surface area contributed by atoms with Crippen LogP contribution in [0.3, 0.4) is 0 Å². The van der Waals surface area contributed by atoms with Gasteiger partial charge in [0.05, 0.1) is 11.1 Å². The number of fused-ring (bicyclic) bond motifs is 1. The van der Waals surface area contributed by atoms with Crippen LogP contribution in [0, 0.1) is 20.8 Å². The topological polar surface area (TPSA) is 58.3 Å². The largest absolute Gasteiger partial charge is 0.361 e. The SMILES string of the molecule is Cc1cc2c(N3CCN(Cc4c(C)noc4C)CC3)ncnc2s1. The van der Waals surface area contributed by atoms with Gasteiger partial charge in [0, 0.05) is 43.2 Å². The van der Waals surface area contributed by atoms with Crippen LogP contribution < -0.4 is 4.90 Å². The van der Waals surface area contributed by atoms with Crippen molar-refractivity contribution in [3.8, 4) is 0 Å². The molecule has 0 radical (unpaired) electrons. The predicted molar refractivity (Wildman–Crippen MR) is 95.6 cm³/mol. The van der Waals surface area contributed by atoms with Gasteiger partial charge in [0.1, 0.15) is 22.7 Å². The molecule has 24 heavy (non-hydrogen) atoms. The van der Waals surface area contributed by atoms with Gasteiger partial charge in [-0.15, -0.1) is 11.3 Å². The molecule has 4 heterocycles. The Morgan fingerprint density at radius 2 is 1.92 bits per heavy atom. The van der Waals surface area contributed by atoms with Gasteiger partial charge in [-0.3, -0.25) is 4.90 Å². The van der Waals surface area contributed by atoms with E-state index >= 15 is 0 Å². The number of aryl methyl sites for hydroxylation is 3. The van der Waals surface area contributed by atoms with Gasteiger partial charge in [-0.1, -0.05) is 5.16 Å². The molecule has 1 aliphatic rings. The maximum Gasteiger partial charge on any atom is 0.140 e. The highest BCUT2D eigenvalue weighted by atomic mass is 32.1. The molecule has 3 aromatic rings. The van der Waals surface area contributed by atoms with Gasteiger partial charge in [-0.25, -0.2) is 9.97 Å². The van der Waals surface area contributed by atoms with E-state index in [-0.39, 0.29) is 0 Å². The number of hydrogen-bond acceptors (Lipinski definition) is 7. The van der Waals surface area contributed by atoms with E-state index in [9.17, 15) is 0 Å². The molecule has 0 aromatic carbocycles. The standard InChI is InChI=1S/C17H21N5OS/c1-11-8-14-16(18-10-19-17(14)24-11)22-6-4-21(5-7-22)9-15-12(2)20-23-13(15)3/h8,10H,4-7,9H2,1-3H3. The van der Waals surface area contributed by atoms with E-state index in [1.807, 2.05) is 13.8 Å². The third-order valence-electron chi connectivity index (χ3n) is 4.67. The van der Waals surface area contributed by atoms with Crippen LogP contribution in [0.4, 0.5) is 5.82 Å². The number of anilines is 1. The first kappa shape index (κ1) is 15.5. The lowest BCUT2D eigenvalue weighted by atomic mass is 10.1. The maximum atomic E-state index is 5.27. The Balaban J connectivity index is 1.48. The highest BCUT2D eigenvalue weighted by Gasteiger charge is 2.22. The van der Waals surface area contributed by atoms with Crippen LogP contribution in [-0.2, 0) is 6.54 Å². The molecule has 0 N–H and O–H groups in total. The highest BCUT2D eigenvalue weighted by Crippen LogP contribution is 2.30. The smallest absolute Gasteiger partial charge is 0.140 e. The minimum Gasteiger partial charge on any atom is -0.361 e. The fraction of sp³-hybridized carbons (Fsp3) is 0.471. The number of nitrogens with zero attached hydrogens (tertiary/aromatic N) is 5. The summed E-state index contributed by atoms with van der Waals surface area (Å²) < 4.78 is 5.27. The molecule has 0 saturated carbocycles. The first-order chi connectivity index (χ1) is 11.6. The van der Waals surface area contributed by atoms with Crippen LogP contribution in [0.2, 0.25) is 0 Å². The first-order valence-corrected chi connectivity index (χ1v) is 9.03. The summed E-state index contributed by atoms with van der Waals surface area (Å²) >= 11 is 1.73. The lowest BCUT2D eigenvalue weighted by molar-refractivity contribution is 0.247. The fourth-order valence-electron chi connectivity index (χ4n) is 3.28. The first-order valence-electron chi connectivity index (χ1n) is 8.22. The van der Waals surface area contributed by atoms with E-state index in [1.54, 1.807) is 17.7 Å². The Kier molecular flexibility index (Phi) is 3.97. The average Bonchev–Trinajstić information content (AvgIpc) is 3.11. The Morgan fingerprint density at radius 3 is 2.62 bits per heavy atom. The molecule has 126 valence electrons. The molecule has 0 atom stereocenters. The second kappa shape index (κ2) is 6.14. The van der Waals surface area contributed by atoms with E-state index < -0.39 is 0 Å². The zero-order valence-corrected chi connectivity index (χ0v) is 15.1. The molecular formula is C17H21N5OS. The van der Waals surface area contributed by atoms with Crippen LogP contribution in [0.1, 0.15) is 21.9 Å². The van der Waals surface area contributed by atoms with Crippen molar-refractivity contribution >= 4 is 27.4 Å². The van der Waals surface area contributed by atoms with Crippen molar-refractivity contribution < 1.29 is 4.52 Å². The lowest BCUT2D eigenvalue weighted by Crippen LogP contribution is -2.46. The van der Waals surface area contributed by atoms with Crippen LogP contribution in [-0.4, -0.2) is 46.2 Å². The Bertz CT molecular complexity index is 844. The van der Waals surface area contributed by atoms with Gasteiger partial charge >= 0.3 is 0 Å². The number of hydrogen-bond donors (Lipinski definition) is 0. The van der Waals surface area contributed by atoms with Crippen LogP contribution in [0.5, 0.6) is 0 Å². The summed E-state index contributed by atoms with van der Waals surface area (Å²) in [7, 11) is 0. The molecular weight excluding hydrogens is 322 g/mol. The van der Waals surface area contributed by atoms with E-state index in [2.05, 4.69) is 37.9 Å². The monoisotopic (exact) mass is 343 g/mol. The minimum absolute atomic E-state index is 0.908. The molecule has 7 heteroatoms. The third kappa shape index (κ3) is 2.78. The van der Waals surface area contributed by atoms with Gasteiger partial charge in [-0.05, 0) is 26.8 Å². The molecule has 0 aliphatic carbocycles. The maximum absolute atomic E-state index is 5.27. The van der Waals surface area contributed by atoms with E-state index in [1.165, 1.54) is 15.8 Å². The van der Waals surface area contributed by atoms with Gasteiger partial charge < -0.3 is 9.42 Å². The normalized spacial score (nSPS) is 16.2. The summed E-state index contributed by atoms with van der Waals surface area (Å²) in [4.78, 5) is 16.1. The van der Waals surface area contributed by atoms with Gasteiger partial charge in [0.15, 0.2) is 0 Å². The summed E-state index contributed by atoms with van der Waals surface area (Å²) in [5.41, 5.74) is 2.22. The van der Waals surface area contributed by atoms with E-state index in [4.69, 9.17) is 4.52 Å². The Hall–Kier alpha value is -1.99. The zero-order chi connectivity index (χ0) is 16.7. The molecule has 3 aromatic heterocycles. The van der Waals surface area contributed by atoms with Crippen LogP contribution >= 0.6 is 11.3 Å². The second-order valence-corrected chi connectivity index (χ2v) is 7.57. The number of rotatable bonds is 3. The van der Waals surface area contributed by atoms with Crippen molar-refractivity contribution in [2.24, 2.45) is 0 Å². The zero-order valence-electron chi connectivity index (χ0n) is 14.2. The van der Waals surface area contributed by atoms with E-state index in [0.717, 1.165) is 54.8 Å². The van der Waals surface area contributed by atoms with Gasteiger partial charge in [0.25, 0.3) is 0 Å². The molecule has 0 unspecified atom stereocenters. The average molecular weight is 343 g/mol. The van der Waals surface area contributed by atoms with Crippen molar-refractivity contribution in [3.05, 3.63) is 34.3 Å². The van der Waals surface area contributed by atoms with E-state index in [0.29, 0.717) is 0 Å². The van der Waals surface area contributed by atoms with Crippen molar-refractivity contribution in [3.63, 3.8) is 0 Å². The number of thiophene rings is 1. The molecule has 0 spiro atoms. The van der Waals surface area contributed by atoms with Crippen LogP contribution in [0.15, 0.2) is 16.9 Å². The number of aromatic nitrogens is 3. The van der Waals surface area contributed by atoms with Crippen molar-refractivity contribution in [2.45, 2.75) is 27.3 Å². The minimum atomic E-state index is 0.908. The van der Waals surface area contributed by atoms with Crippen molar-refractivity contribution in [1.29, 1.82) is 0 Å². The van der Waals surface area contributed by atoms with Crippen molar-refractivity contribution in [2.75, 3.05) is 31.1 Å². The summed E-state index contributed by atoms with van der Waals surface area (Å²) in [5, 5.41) is 5.23. The molecule has 1 fully saturated rings. The summed E-state index contributed by atoms with van der Waals surface area (Å²) in [5.74, 6) is 2.00. The summed E-state index contributed by atoms with van der Waals surface area (Å²) in [6.45, 7) is 11.0. The van der Waals surface area contributed by atoms with Gasteiger partial charge in [-0.2, -0.15) is 0 Å². The quantitative estimate of drug-likeness (QED) is 0.729. The molecule has 1 saturated heterocycles. The summed E-state index contributed by atoms with van der Waals surface area (Å²) in [6.07, 6.45) is 1.68. The molecule has 4 rings (SSSR count). The Morgan fingerprint density at radius 1 is 1.12 bits per heavy atom. The third-order valence-corrected chi connectivity index (χ3v) is 5.62. The summed E-state index contributed by atoms with van der Waals surface area (Å²) in [6, 6.07) is 2.20. The van der Waals surface area contributed by atoms with Crippen LogP contribution in [0.25, 0.3) is 10.2 Å².